The Morgan fingerprint density at radius 3 is 2.63 bits per heavy atom. The van der Waals surface area contributed by atoms with Crippen LogP contribution in [0.3, 0.4) is 0 Å². The number of aromatic nitrogens is 1. The van der Waals surface area contributed by atoms with Gasteiger partial charge in [-0.1, -0.05) is 54.6 Å². The van der Waals surface area contributed by atoms with E-state index in [9.17, 15) is 9.59 Å². The molecule has 0 fully saturated rings. The van der Waals surface area contributed by atoms with Crippen LogP contribution in [-0.4, -0.2) is 23.5 Å². The summed E-state index contributed by atoms with van der Waals surface area (Å²) in [4.78, 5) is 30.5. The first-order valence-electron chi connectivity index (χ1n) is 11.3. The molecule has 0 bridgehead atoms. The summed E-state index contributed by atoms with van der Waals surface area (Å²) in [5, 5.41) is 12.4. The third-order valence-corrected chi connectivity index (χ3v) is 5.90. The predicted octanol–water partition coefficient (Wildman–Crippen LogP) is 5.39. The maximum atomic E-state index is 13.2. The fourth-order valence-electron chi connectivity index (χ4n) is 4.33. The zero-order valence-electron chi connectivity index (χ0n) is 18.8. The SMILES string of the molecule is N#Cc1cccc(NC(=O)COC(=O)c2c3c(nc4ccccc24)C(=Cc2ccccc2)CC3)c1. The van der Waals surface area contributed by atoms with Crippen LogP contribution in [0, 0.1) is 11.3 Å². The van der Waals surface area contributed by atoms with Crippen LogP contribution < -0.4 is 5.32 Å². The molecule has 1 N–H and O–H groups in total. The fourth-order valence-corrected chi connectivity index (χ4v) is 4.33. The molecule has 1 amide bonds. The van der Waals surface area contributed by atoms with Crippen LogP contribution >= 0.6 is 0 Å². The molecule has 6 nitrogen and oxygen atoms in total. The van der Waals surface area contributed by atoms with Crippen LogP contribution in [0.25, 0.3) is 22.6 Å². The van der Waals surface area contributed by atoms with Crippen molar-refractivity contribution >= 4 is 40.1 Å². The van der Waals surface area contributed by atoms with E-state index in [0.29, 0.717) is 34.1 Å². The van der Waals surface area contributed by atoms with Gasteiger partial charge in [-0.3, -0.25) is 4.79 Å². The van der Waals surface area contributed by atoms with Crippen molar-refractivity contribution in [2.24, 2.45) is 0 Å². The number of carbonyl (C=O) groups excluding carboxylic acids is 2. The van der Waals surface area contributed by atoms with E-state index in [1.165, 1.54) is 0 Å². The lowest BCUT2D eigenvalue weighted by Gasteiger charge is -2.12. The second-order valence-electron chi connectivity index (χ2n) is 8.23. The number of hydrogen-bond acceptors (Lipinski definition) is 5. The first kappa shape index (κ1) is 22.1. The van der Waals surface area contributed by atoms with Gasteiger partial charge in [0.05, 0.1) is 28.4 Å². The van der Waals surface area contributed by atoms with Crippen LogP contribution in [-0.2, 0) is 16.0 Å². The first-order valence-corrected chi connectivity index (χ1v) is 11.3. The van der Waals surface area contributed by atoms with Gasteiger partial charge < -0.3 is 10.1 Å². The second kappa shape index (κ2) is 9.62. The van der Waals surface area contributed by atoms with E-state index < -0.39 is 18.5 Å². The number of esters is 1. The highest BCUT2D eigenvalue weighted by Crippen LogP contribution is 2.37. The van der Waals surface area contributed by atoms with Gasteiger partial charge in [-0.25, -0.2) is 9.78 Å². The Labute approximate surface area is 202 Å². The van der Waals surface area contributed by atoms with Gasteiger partial charge in [0.1, 0.15) is 0 Å². The minimum atomic E-state index is -0.554. The summed E-state index contributed by atoms with van der Waals surface area (Å²) in [5.41, 5.74) is 5.86. The quantitative estimate of drug-likeness (QED) is 0.404. The van der Waals surface area contributed by atoms with Gasteiger partial charge >= 0.3 is 5.97 Å². The molecule has 170 valence electrons. The van der Waals surface area contributed by atoms with Crippen molar-refractivity contribution in [2.45, 2.75) is 12.8 Å². The van der Waals surface area contributed by atoms with E-state index in [2.05, 4.69) is 11.4 Å². The lowest BCUT2D eigenvalue weighted by molar-refractivity contribution is -0.119. The Morgan fingerprint density at radius 1 is 1.00 bits per heavy atom. The summed E-state index contributed by atoms with van der Waals surface area (Å²) in [6.45, 7) is -0.437. The Bertz CT molecular complexity index is 1520. The molecule has 0 atom stereocenters. The number of rotatable bonds is 5. The number of ether oxygens (including phenoxy) is 1. The molecule has 0 spiro atoms. The number of benzene rings is 3. The molecule has 1 aromatic heterocycles. The third kappa shape index (κ3) is 4.66. The van der Waals surface area contributed by atoms with Crippen molar-refractivity contribution in [3.63, 3.8) is 0 Å². The summed E-state index contributed by atoms with van der Waals surface area (Å²) in [5.74, 6) is -1.03. The number of nitrogens with zero attached hydrogens (tertiary/aromatic N) is 2. The molecule has 3 aromatic carbocycles. The number of nitriles is 1. The normalized spacial score (nSPS) is 13.3. The van der Waals surface area contributed by atoms with Crippen LogP contribution in [0.1, 0.15) is 39.2 Å². The Morgan fingerprint density at radius 2 is 1.80 bits per heavy atom. The van der Waals surface area contributed by atoms with Gasteiger partial charge in [-0.2, -0.15) is 5.26 Å². The average molecular weight is 460 g/mol. The average Bonchev–Trinajstić information content (AvgIpc) is 3.28. The van der Waals surface area contributed by atoms with E-state index >= 15 is 0 Å². The maximum absolute atomic E-state index is 13.2. The van der Waals surface area contributed by atoms with Crippen molar-refractivity contribution in [1.82, 2.24) is 4.98 Å². The lowest BCUT2D eigenvalue weighted by atomic mass is 10.0. The number of nitrogens with one attached hydrogen (secondary N) is 1. The van der Waals surface area contributed by atoms with Gasteiger partial charge in [-0.05, 0) is 59.9 Å². The molecule has 0 unspecified atom stereocenters. The summed E-state index contributed by atoms with van der Waals surface area (Å²) < 4.78 is 5.44. The Kier molecular flexibility index (Phi) is 6.06. The number of pyridine rings is 1. The molecule has 1 aliphatic carbocycles. The summed E-state index contributed by atoms with van der Waals surface area (Å²) in [6, 6.07) is 26.1. The van der Waals surface area contributed by atoms with E-state index in [0.717, 1.165) is 28.8 Å². The molecule has 1 aliphatic rings. The van der Waals surface area contributed by atoms with Crippen molar-refractivity contribution in [3.8, 4) is 6.07 Å². The first-order chi connectivity index (χ1) is 17.1. The van der Waals surface area contributed by atoms with Gasteiger partial charge in [0.2, 0.25) is 0 Å². The van der Waals surface area contributed by atoms with E-state index in [-0.39, 0.29) is 0 Å². The molecule has 0 saturated carbocycles. The van der Waals surface area contributed by atoms with Crippen LogP contribution in [0.4, 0.5) is 5.69 Å². The molecular formula is C29H21N3O3. The van der Waals surface area contributed by atoms with Crippen LogP contribution in [0.5, 0.6) is 0 Å². The Hall–Kier alpha value is -4.76. The Balaban J connectivity index is 1.42. The highest BCUT2D eigenvalue weighted by Gasteiger charge is 2.28. The number of hydrogen-bond donors (Lipinski definition) is 1. The molecule has 5 rings (SSSR count). The minimum absolute atomic E-state index is 0.429. The molecular weight excluding hydrogens is 438 g/mol. The lowest BCUT2D eigenvalue weighted by Crippen LogP contribution is -2.21. The number of para-hydroxylation sites is 1. The minimum Gasteiger partial charge on any atom is -0.452 e. The largest absolute Gasteiger partial charge is 0.452 e. The summed E-state index contributed by atoms with van der Waals surface area (Å²) in [6.07, 6.45) is 3.54. The van der Waals surface area contributed by atoms with E-state index in [4.69, 9.17) is 15.0 Å². The number of allylic oxidation sites excluding steroid dienone is 1. The molecule has 0 saturated heterocycles. The number of fused-ring (bicyclic) bond motifs is 2. The molecule has 0 radical (unpaired) electrons. The molecule has 6 heteroatoms. The van der Waals surface area contributed by atoms with Gasteiger partial charge in [0.15, 0.2) is 6.61 Å². The summed E-state index contributed by atoms with van der Waals surface area (Å²) in [7, 11) is 0. The zero-order chi connectivity index (χ0) is 24.2. The monoisotopic (exact) mass is 459 g/mol. The molecule has 4 aromatic rings. The standard InChI is InChI=1S/C29H21N3O3/c30-17-20-9-6-10-22(16-20)31-26(33)18-35-29(34)27-23-11-4-5-12-25(23)32-28-21(13-14-24(27)28)15-19-7-2-1-3-8-19/h1-12,15-16H,13-14,18H2,(H,31,33). The van der Waals surface area contributed by atoms with Gasteiger partial charge in [0, 0.05) is 11.1 Å². The number of amides is 1. The smallest absolute Gasteiger partial charge is 0.339 e. The van der Waals surface area contributed by atoms with E-state index in [1.54, 1.807) is 24.3 Å². The number of anilines is 1. The topological polar surface area (TPSA) is 92.1 Å². The molecule has 0 aliphatic heterocycles. The third-order valence-electron chi connectivity index (χ3n) is 5.90. The van der Waals surface area contributed by atoms with E-state index in [1.807, 2.05) is 60.7 Å². The van der Waals surface area contributed by atoms with Gasteiger partial charge in [-0.15, -0.1) is 0 Å². The maximum Gasteiger partial charge on any atom is 0.339 e. The van der Waals surface area contributed by atoms with Crippen LogP contribution in [0.15, 0.2) is 78.9 Å². The second-order valence-corrected chi connectivity index (χ2v) is 8.23. The number of carbonyl (C=O) groups is 2. The van der Waals surface area contributed by atoms with Crippen molar-refractivity contribution in [2.75, 3.05) is 11.9 Å². The zero-order valence-corrected chi connectivity index (χ0v) is 18.8. The highest BCUT2D eigenvalue weighted by atomic mass is 16.5. The predicted molar refractivity (Wildman–Crippen MR) is 134 cm³/mol. The van der Waals surface area contributed by atoms with Crippen molar-refractivity contribution < 1.29 is 14.3 Å². The molecule has 35 heavy (non-hydrogen) atoms. The van der Waals surface area contributed by atoms with Crippen LogP contribution in [0.2, 0.25) is 0 Å². The van der Waals surface area contributed by atoms with Crippen molar-refractivity contribution in [3.05, 3.63) is 107 Å². The summed E-state index contributed by atoms with van der Waals surface area (Å²) >= 11 is 0. The van der Waals surface area contributed by atoms with Gasteiger partial charge in [0.25, 0.3) is 5.91 Å². The fraction of sp³-hybridized carbons (Fsp3) is 0.103. The van der Waals surface area contributed by atoms with Crippen molar-refractivity contribution in [1.29, 1.82) is 5.26 Å². The highest BCUT2D eigenvalue weighted by molar-refractivity contribution is 6.08. The molecule has 1 heterocycles.